The lowest BCUT2D eigenvalue weighted by Crippen LogP contribution is -2.01. The highest BCUT2D eigenvalue weighted by Crippen LogP contribution is 2.29. The van der Waals surface area contributed by atoms with Gasteiger partial charge in [-0.05, 0) is 47.0 Å². The molecule has 5 heteroatoms. The molecule has 94 valence electrons. The lowest BCUT2D eigenvalue weighted by molar-refractivity contribution is 1.05. The minimum absolute atomic E-state index is 0.498. The number of aryl methyl sites for hydroxylation is 1. The molecule has 1 aromatic heterocycles. The molecule has 0 saturated carbocycles. The highest BCUT2D eigenvalue weighted by Gasteiger charge is 2.09. The van der Waals surface area contributed by atoms with Gasteiger partial charge in [-0.25, -0.2) is 9.97 Å². The van der Waals surface area contributed by atoms with E-state index in [0.29, 0.717) is 5.15 Å². The molecular formula is C13H13BrClN3. The van der Waals surface area contributed by atoms with Crippen molar-refractivity contribution in [2.75, 3.05) is 5.32 Å². The van der Waals surface area contributed by atoms with Crippen LogP contribution in [0.5, 0.6) is 0 Å². The third-order valence-electron chi connectivity index (χ3n) is 2.62. The van der Waals surface area contributed by atoms with Gasteiger partial charge in [-0.15, -0.1) is 0 Å². The van der Waals surface area contributed by atoms with Crippen molar-refractivity contribution in [3.8, 4) is 0 Å². The van der Waals surface area contributed by atoms with Crippen molar-refractivity contribution in [3.63, 3.8) is 0 Å². The second-order valence-electron chi connectivity index (χ2n) is 3.95. The predicted molar refractivity (Wildman–Crippen MR) is 78.6 cm³/mol. The maximum atomic E-state index is 6.06. The van der Waals surface area contributed by atoms with Crippen LogP contribution in [0.4, 0.5) is 11.5 Å². The van der Waals surface area contributed by atoms with Gasteiger partial charge >= 0.3 is 0 Å². The number of nitrogens with zero attached hydrogens (tertiary/aromatic N) is 2. The first kappa shape index (κ1) is 13.3. The molecule has 2 rings (SSSR count). The molecule has 2 aromatic rings. The van der Waals surface area contributed by atoms with Gasteiger partial charge in [0.25, 0.3) is 0 Å². The van der Waals surface area contributed by atoms with E-state index in [1.54, 1.807) is 0 Å². The van der Waals surface area contributed by atoms with Crippen molar-refractivity contribution in [2.24, 2.45) is 0 Å². The van der Waals surface area contributed by atoms with E-state index < -0.39 is 0 Å². The SMILES string of the molecule is CCc1c(Cl)ncnc1Nc1ccc(C)cc1Br. The van der Waals surface area contributed by atoms with Gasteiger partial charge in [-0.1, -0.05) is 24.6 Å². The van der Waals surface area contributed by atoms with E-state index in [-0.39, 0.29) is 0 Å². The van der Waals surface area contributed by atoms with Crippen LogP contribution in [0.15, 0.2) is 29.0 Å². The molecule has 1 heterocycles. The molecule has 0 unspecified atom stereocenters. The van der Waals surface area contributed by atoms with Gasteiger partial charge in [0, 0.05) is 10.0 Å². The molecular weight excluding hydrogens is 314 g/mol. The summed E-state index contributed by atoms with van der Waals surface area (Å²) in [5, 5.41) is 3.78. The maximum absolute atomic E-state index is 6.06. The number of nitrogens with one attached hydrogen (secondary N) is 1. The molecule has 0 aliphatic rings. The largest absolute Gasteiger partial charge is 0.339 e. The van der Waals surface area contributed by atoms with E-state index in [9.17, 15) is 0 Å². The summed E-state index contributed by atoms with van der Waals surface area (Å²) in [6, 6.07) is 6.10. The van der Waals surface area contributed by atoms with Crippen LogP contribution in [0.25, 0.3) is 0 Å². The van der Waals surface area contributed by atoms with Gasteiger partial charge in [0.05, 0.1) is 5.69 Å². The fraction of sp³-hybridized carbons (Fsp3) is 0.231. The van der Waals surface area contributed by atoms with Gasteiger partial charge in [0.2, 0.25) is 0 Å². The molecule has 1 aromatic carbocycles. The zero-order valence-corrected chi connectivity index (χ0v) is 12.5. The van der Waals surface area contributed by atoms with Crippen LogP contribution >= 0.6 is 27.5 Å². The van der Waals surface area contributed by atoms with Crippen LogP contribution in [0.1, 0.15) is 18.1 Å². The fourth-order valence-corrected chi connectivity index (χ4v) is 2.52. The van der Waals surface area contributed by atoms with Crippen molar-refractivity contribution >= 4 is 39.0 Å². The van der Waals surface area contributed by atoms with Crippen molar-refractivity contribution in [1.82, 2.24) is 9.97 Å². The Morgan fingerprint density at radius 3 is 2.78 bits per heavy atom. The number of aromatic nitrogens is 2. The molecule has 0 radical (unpaired) electrons. The Balaban J connectivity index is 2.37. The summed E-state index contributed by atoms with van der Waals surface area (Å²) in [5.41, 5.74) is 3.08. The molecule has 1 N–H and O–H groups in total. The first-order valence-electron chi connectivity index (χ1n) is 5.64. The topological polar surface area (TPSA) is 37.8 Å². The summed E-state index contributed by atoms with van der Waals surface area (Å²) in [6.07, 6.45) is 2.25. The van der Waals surface area contributed by atoms with Crippen molar-refractivity contribution < 1.29 is 0 Å². The fourth-order valence-electron chi connectivity index (χ4n) is 1.66. The van der Waals surface area contributed by atoms with E-state index in [2.05, 4.69) is 37.3 Å². The zero-order chi connectivity index (χ0) is 13.1. The molecule has 0 aliphatic heterocycles. The lowest BCUT2D eigenvalue weighted by Gasteiger charge is -2.12. The highest BCUT2D eigenvalue weighted by atomic mass is 79.9. The van der Waals surface area contributed by atoms with E-state index in [0.717, 1.165) is 28.0 Å². The summed E-state index contributed by atoms with van der Waals surface area (Å²) in [6.45, 7) is 4.08. The standard InChI is InChI=1S/C13H13BrClN3/c1-3-9-12(15)16-7-17-13(9)18-11-5-4-8(2)6-10(11)14/h4-7H,3H2,1-2H3,(H,16,17,18). The van der Waals surface area contributed by atoms with Gasteiger partial charge in [-0.2, -0.15) is 0 Å². The smallest absolute Gasteiger partial charge is 0.138 e. The third-order valence-corrected chi connectivity index (χ3v) is 3.61. The Morgan fingerprint density at radius 2 is 2.11 bits per heavy atom. The van der Waals surface area contributed by atoms with Gasteiger partial charge in [-0.3, -0.25) is 0 Å². The quantitative estimate of drug-likeness (QED) is 0.843. The Hall–Kier alpha value is -1.13. The number of halogens is 2. The van der Waals surface area contributed by atoms with Crippen molar-refractivity contribution in [2.45, 2.75) is 20.3 Å². The first-order chi connectivity index (χ1) is 8.61. The Morgan fingerprint density at radius 1 is 1.33 bits per heavy atom. The molecule has 0 aliphatic carbocycles. The molecule has 0 fully saturated rings. The second-order valence-corrected chi connectivity index (χ2v) is 5.17. The molecule has 0 bridgehead atoms. The van der Waals surface area contributed by atoms with Crippen LogP contribution in [0.2, 0.25) is 5.15 Å². The average molecular weight is 327 g/mol. The Labute approximate surface area is 120 Å². The van der Waals surface area contributed by atoms with Crippen LogP contribution < -0.4 is 5.32 Å². The number of benzene rings is 1. The number of hydrogen-bond acceptors (Lipinski definition) is 3. The summed E-state index contributed by atoms with van der Waals surface area (Å²) < 4.78 is 0.999. The molecule has 0 saturated heterocycles. The number of rotatable bonds is 3. The van der Waals surface area contributed by atoms with Crippen molar-refractivity contribution in [1.29, 1.82) is 0 Å². The Bertz CT molecular complexity index is 572. The maximum Gasteiger partial charge on any atom is 0.138 e. The van der Waals surface area contributed by atoms with Gasteiger partial charge in [0.15, 0.2) is 0 Å². The lowest BCUT2D eigenvalue weighted by atomic mass is 10.2. The monoisotopic (exact) mass is 325 g/mol. The van der Waals surface area contributed by atoms with Crippen LogP contribution in [-0.4, -0.2) is 9.97 Å². The van der Waals surface area contributed by atoms with E-state index >= 15 is 0 Å². The summed E-state index contributed by atoms with van der Waals surface area (Å²) in [5.74, 6) is 0.752. The minimum Gasteiger partial charge on any atom is -0.339 e. The van der Waals surface area contributed by atoms with E-state index in [1.807, 2.05) is 26.0 Å². The van der Waals surface area contributed by atoms with E-state index in [4.69, 9.17) is 11.6 Å². The summed E-state index contributed by atoms with van der Waals surface area (Å²) >= 11 is 9.59. The summed E-state index contributed by atoms with van der Waals surface area (Å²) in [7, 11) is 0. The normalized spacial score (nSPS) is 10.4. The summed E-state index contributed by atoms with van der Waals surface area (Å²) in [4.78, 5) is 8.23. The van der Waals surface area contributed by atoms with Crippen LogP contribution in [0.3, 0.4) is 0 Å². The molecule has 18 heavy (non-hydrogen) atoms. The molecule has 0 atom stereocenters. The minimum atomic E-state index is 0.498. The molecule has 3 nitrogen and oxygen atoms in total. The highest BCUT2D eigenvalue weighted by molar-refractivity contribution is 9.10. The third kappa shape index (κ3) is 2.82. The number of hydrogen-bond donors (Lipinski definition) is 1. The van der Waals surface area contributed by atoms with Crippen LogP contribution in [0, 0.1) is 6.92 Å². The second kappa shape index (κ2) is 5.67. The van der Waals surface area contributed by atoms with E-state index in [1.165, 1.54) is 11.9 Å². The number of anilines is 2. The first-order valence-corrected chi connectivity index (χ1v) is 6.81. The van der Waals surface area contributed by atoms with Crippen molar-refractivity contribution in [3.05, 3.63) is 45.3 Å². The van der Waals surface area contributed by atoms with Crippen LogP contribution in [-0.2, 0) is 6.42 Å². The van der Waals surface area contributed by atoms with Gasteiger partial charge < -0.3 is 5.32 Å². The molecule has 0 spiro atoms. The zero-order valence-electron chi connectivity index (χ0n) is 10.2. The van der Waals surface area contributed by atoms with Gasteiger partial charge in [0.1, 0.15) is 17.3 Å². The molecule has 0 amide bonds. The Kier molecular flexibility index (Phi) is 4.19. The average Bonchev–Trinajstić information content (AvgIpc) is 2.33. The predicted octanol–water partition coefficient (Wildman–Crippen LogP) is 4.51.